The zero-order chi connectivity index (χ0) is 17.6. The number of rotatable bonds is 2. The number of aryl methyl sites for hydroxylation is 2. The number of carbonyl (C=O) groups is 1. The highest BCUT2D eigenvalue weighted by Crippen LogP contribution is 2.15. The zero-order valence-electron chi connectivity index (χ0n) is 13.1. The van der Waals surface area contributed by atoms with Crippen LogP contribution in [-0.2, 0) is 18.8 Å². The molecule has 0 fully saturated rings. The van der Waals surface area contributed by atoms with E-state index in [0.29, 0.717) is 11.0 Å². The van der Waals surface area contributed by atoms with Crippen molar-refractivity contribution in [3.63, 3.8) is 0 Å². The maximum absolute atomic E-state index is 12.0. The molecule has 0 spiro atoms. The predicted molar refractivity (Wildman–Crippen MR) is 83.5 cm³/mol. The van der Waals surface area contributed by atoms with Crippen molar-refractivity contribution in [3.8, 4) is 5.69 Å². The van der Waals surface area contributed by atoms with Gasteiger partial charge >= 0.3 is 17.3 Å². The summed E-state index contributed by atoms with van der Waals surface area (Å²) >= 11 is 0. The van der Waals surface area contributed by atoms with Crippen molar-refractivity contribution in [2.75, 3.05) is 7.11 Å². The van der Waals surface area contributed by atoms with E-state index in [4.69, 9.17) is 0 Å². The fourth-order valence-corrected chi connectivity index (χ4v) is 2.43. The molecule has 0 radical (unpaired) electrons. The number of imidazole rings is 1. The minimum absolute atomic E-state index is 0.223. The van der Waals surface area contributed by atoms with E-state index in [1.165, 1.54) is 9.13 Å². The van der Waals surface area contributed by atoms with Crippen LogP contribution in [0.2, 0.25) is 0 Å². The minimum Gasteiger partial charge on any atom is -0.464 e. The standard InChI is InChI=1S/C14H13N5O5/c1-17-8-5-4-7(6-9(8)18(2)14(17)23)19-13(22)15-11(20)10(16-19)12(21)24-3/h4-6H,1-3H3,(H,15,20,22). The van der Waals surface area contributed by atoms with Crippen molar-refractivity contribution < 1.29 is 9.53 Å². The van der Waals surface area contributed by atoms with Gasteiger partial charge in [0.25, 0.3) is 5.56 Å². The van der Waals surface area contributed by atoms with Gasteiger partial charge in [0.2, 0.25) is 5.69 Å². The molecule has 0 atom stereocenters. The van der Waals surface area contributed by atoms with Gasteiger partial charge in [-0.3, -0.25) is 18.9 Å². The van der Waals surface area contributed by atoms with Gasteiger partial charge in [0, 0.05) is 14.1 Å². The van der Waals surface area contributed by atoms with Crippen LogP contribution in [0.25, 0.3) is 16.7 Å². The lowest BCUT2D eigenvalue weighted by Gasteiger charge is -2.06. The Morgan fingerprint density at radius 2 is 1.79 bits per heavy atom. The molecule has 10 heteroatoms. The molecule has 0 unspecified atom stereocenters. The molecule has 0 saturated heterocycles. The summed E-state index contributed by atoms with van der Waals surface area (Å²) in [5.74, 6) is -0.960. The highest BCUT2D eigenvalue weighted by molar-refractivity contribution is 5.86. The number of methoxy groups -OCH3 is 1. The number of nitrogens with one attached hydrogen (secondary N) is 1. The van der Waals surface area contributed by atoms with Crippen molar-refractivity contribution in [3.05, 3.63) is 55.2 Å². The minimum atomic E-state index is -0.960. The van der Waals surface area contributed by atoms with Crippen LogP contribution in [0.5, 0.6) is 0 Å². The number of hydrogen-bond donors (Lipinski definition) is 1. The van der Waals surface area contributed by atoms with Crippen LogP contribution in [0, 0.1) is 0 Å². The molecular formula is C14H13N5O5. The number of benzene rings is 1. The molecule has 10 nitrogen and oxygen atoms in total. The van der Waals surface area contributed by atoms with Gasteiger partial charge in [-0.25, -0.2) is 14.4 Å². The molecular weight excluding hydrogens is 318 g/mol. The molecule has 0 aliphatic rings. The lowest BCUT2D eigenvalue weighted by atomic mass is 10.2. The van der Waals surface area contributed by atoms with Crippen molar-refractivity contribution in [2.24, 2.45) is 14.1 Å². The average molecular weight is 331 g/mol. The molecule has 0 bridgehead atoms. The first-order valence-electron chi connectivity index (χ1n) is 6.83. The molecule has 0 aliphatic carbocycles. The van der Waals surface area contributed by atoms with Crippen molar-refractivity contribution in [1.82, 2.24) is 23.9 Å². The van der Waals surface area contributed by atoms with Crippen molar-refractivity contribution in [2.45, 2.75) is 0 Å². The van der Waals surface area contributed by atoms with Gasteiger partial charge in [-0.1, -0.05) is 0 Å². The molecule has 24 heavy (non-hydrogen) atoms. The quantitative estimate of drug-likeness (QED) is 0.595. The second-order valence-corrected chi connectivity index (χ2v) is 5.08. The molecule has 2 aromatic heterocycles. The number of nitrogens with zero attached hydrogens (tertiary/aromatic N) is 4. The molecule has 0 aliphatic heterocycles. The number of H-pyrrole nitrogens is 1. The van der Waals surface area contributed by atoms with Gasteiger partial charge in [0.15, 0.2) is 0 Å². The summed E-state index contributed by atoms with van der Waals surface area (Å²) in [7, 11) is 4.33. The number of esters is 1. The largest absolute Gasteiger partial charge is 0.464 e. The molecule has 3 aromatic rings. The van der Waals surface area contributed by atoms with E-state index in [2.05, 4.69) is 9.84 Å². The van der Waals surface area contributed by atoms with Gasteiger partial charge < -0.3 is 4.74 Å². The maximum atomic E-state index is 12.0. The first-order chi connectivity index (χ1) is 11.3. The lowest BCUT2D eigenvalue weighted by molar-refractivity contribution is 0.0589. The Labute approximate surface area is 133 Å². The fraction of sp³-hybridized carbons (Fsp3) is 0.214. The third-order valence-corrected chi connectivity index (χ3v) is 3.71. The van der Waals surface area contributed by atoms with E-state index in [1.807, 2.05) is 4.98 Å². The van der Waals surface area contributed by atoms with Crippen LogP contribution in [0.3, 0.4) is 0 Å². The van der Waals surface area contributed by atoms with Crippen LogP contribution in [-0.4, -0.2) is 37.0 Å². The van der Waals surface area contributed by atoms with Crippen molar-refractivity contribution >= 4 is 17.0 Å². The van der Waals surface area contributed by atoms with Crippen LogP contribution >= 0.6 is 0 Å². The summed E-state index contributed by atoms with van der Waals surface area (Å²) in [5.41, 5.74) is -0.992. The van der Waals surface area contributed by atoms with E-state index in [9.17, 15) is 19.2 Å². The number of fused-ring (bicyclic) bond motifs is 1. The molecule has 0 saturated carbocycles. The SMILES string of the molecule is COC(=O)c1nn(-c2ccc3c(c2)n(C)c(=O)n3C)c(=O)[nH]c1=O. The Morgan fingerprint density at radius 3 is 2.46 bits per heavy atom. The Bertz CT molecular complexity index is 1150. The van der Waals surface area contributed by atoms with Gasteiger partial charge in [0.1, 0.15) is 0 Å². The number of carbonyl (C=O) groups excluding carboxylic acids is 1. The summed E-state index contributed by atoms with van der Waals surface area (Å²) in [6, 6.07) is 4.75. The number of hydrogen-bond acceptors (Lipinski definition) is 6. The van der Waals surface area contributed by atoms with Crippen LogP contribution < -0.4 is 16.9 Å². The summed E-state index contributed by atoms with van der Waals surface area (Å²) < 4.78 is 8.21. The van der Waals surface area contributed by atoms with E-state index < -0.39 is 22.9 Å². The Balaban J connectivity index is 2.30. The van der Waals surface area contributed by atoms with Crippen LogP contribution in [0.1, 0.15) is 10.5 Å². The Hall–Kier alpha value is -3.43. The van der Waals surface area contributed by atoms with Gasteiger partial charge in [0.05, 0.1) is 23.8 Å². The second-order valence-electron chi connectivity index (χ2n) is 5.08. The van der Waals surface area contributed by atoms with Crippen molar-refractivity contribution in [1.29, 1.82) is 0 Å². The van der Waals surface area contributed by atoms with Gasteiger partial charge in [-0.05, 0) is 18.2 Å². The summed E-state index contributed by atoms with van der Waals surface area (Å²) in [5, 5.41) is 3.77. The van der Waals surface area contributed by atoms with Crippen LogP contribution in [0.15, 0.2) is 32.6 Å². The number of ether oxygens (including phenoxy) is 1. The third-order valence-electron chi connectivity index (χ3n) is 3.71. The normalized spacial score (nSPS) is 11.0. The van der Waals surface area contributed by atoms with E-state index >= 15 is 0 Å². The smallest absolute Gasteiger partial charge is 0.364 e. The monoisotopic (exact) mass is 331 g/mol. The molecule has 1 N–H and O–H groups in total. The summed E-state index contributed by atoms with van der Waals surface area (Å²) in [4.78, 5) is 49.2. The number of aromatic amines is 1. The van der Waals surface area contributed by atoms with E-state index in [1.54, 1.807) is 32.3 Å². The molecule has 1 aromatic carbocycles. The van der Waals surface area contributed by atoms with Crippen LogP contribution in [0.4, 0.5) is 0 Å². The van der Waals surface area contributed by atoms with E-state index in [0.717, 1.165) is 11.8 Å². The first kappa shape index (κ1) is 15.5. The number of aromatic nitrogens is 5. The fourth-order valence-electron chi connectivity index (χ4n) is 2.43. The third kappa shape index (κ3) is 2.16. The maximum Gasteiger partial charge on any atom is 0.364 e. The average Bonchev–Trinajstić information content (AvgIpc) is 2.78. The Morgan fingerprint density at radius 1 is 1.12 bits per heavy atom. The first-order valence-corrected chi connectivity index (χ1v) is 6.83. The lowest BCUT2D eigenvalue weighted by Crippen LogP contribution is -2.36. The Kier molecular flexibility index (Phi) is 3.44. The zero-order valence-corrected chi connectivity index (χ0v) is 13.1. The molecule has 124 valence electrons. The van der Waals surface area contributed by atoms with Gasteiger partial charge in [-0.2, -0.15) is 9.78 Å². The van der Waals surface area contributed by atoms with E-state index in [-0.39, 0.29) is 11.4 Å². The molecule has 3 rings (SSSR count). The second kappa shape index (κ2) is 5.33. The predicted octanol–water partition coefficient (Wildman–Crippen LogP) is -1.10. The molecule has 0 amide bonds. The summed E-state index contributed by atoms with van der Waals surface area (Å²) in [6.45, 7) is 0. The topological polar surface area (TPSA) is 121 Å². The molecule has 2 heterocycles. The highest BCUT2D eigenvalue weighted by atomic mass is 16.5. The highest BCUT2D eigenvalue weighted by Gasteiger charge is 2.17. The summed E-state index contributed by atoms with van der Waals surface area (Å²) in [6.07, 6.45) is 0. The van der Waals surface area contributed by atoms with Gasteiger partial charge in [-0.15, -0.1) is 0 Å².